The normalized spacial score (nSPS) is 19.3. The van der Waals surface area contributed by atoms with Gasteiger partial charge < -0.3 is 18.8 Å². The lowest BCUT2D eigenvalue weighted by molar-refractivity contribution is -0.158. The van der Waals surface area contributed by atoms with Crippen molar-refractivity contribution in [2.45, 2.75) is 26.2 Å². The average molecular weight is 397 g/mol. The van der Waals surface area contributed by atoms with Crippen LogP contribution in [0.5, 0.6) is 5.95 Å². The van der Waals surface area contributed by atoms with Gasteiger partial charge in [0.15, 0.2) is 5.76 Å². The largest absolute Gasteiger partial charge is 0.468 e. The molecule has 1 aliphatic rings. The Labute approximate surface area is 171 Å². The average Bonchev–Trinajstić information content (AvgIpc) is 3.23. The quantitative estimate of drug-likeness (QED) is 0.656. The summed E-state index contributed by atoms with van der Waals surface area (Å²) in [6.07, 6.45) is 5.90. The lowest BCUT2D eigenvalue weighted by Crippen LogP contribution is -2.50. The number of allylic oxidation sites excluding steroid dienone is 1. The van der Waals surface area contributed by atoms with E-state index in [1.54, 1.807) is 24.0 Å². The summed E-state index contributed by atoms with van der Waals surface area (Å²) >= 11 is 0. The van der Waals surface area contributed by atoms with Gasteiger partial charge in [-0.25, -0.2) is 0 Å². The molecule has 1 aromatic heterocycles. The third kappa shape index (κ3) is 4.88. The molecule has 0 aliphatic carbocycles. The molecule has 0 radical (unpaired) electrons. The minimum atomic E-state index is -0.758. The van der Waals surface area contributed by atoms with Gasteiger partial charge in [0.25, 0.3) is 11.9 Å². The summed E-state index contributed by atoms with van der Waals surface area (Å²) in [5.41, 5.74) is 0.309. The number of hydrogen-bond acceptors (Lipinski definition) is 5. The van der Waals surface area contributed by atoms with Crippen LogP contribution in [-0.2, 0) is 9.53 Å². The Morgan fingerprint density at radius 2 is 2.00 bits per heavy atom. The number of hydrogen-bond donors (Lipinski definition) is 0. The van der Waals surface area contributed by atoms with Gasteiger partial charge in [0.1, 0.15) is 0 Å². The maximum atomic E-state index is 12.9. The van der Waals surface area contributed by atoms with Crippen LogP contribution in [0.2, 0.25) is 0 Å². The number of carbonyl (C=O) groups excluding carboxylic acids is 2. The number of rotatable bonds is 7. The van der Waals surface area contributed by atoms with E-state index in [1.807, 2.05) is 42.5 Å². The summed E-state index contributed by atoms with van der Waals surface area (Å²) in [5.74, 6) is -0.00454. The van der Waals surface area contributed by atoms with Gasteiger partial charge in [-0.1, -0.05) is 42.5 Å². The standard InChI is InChI=1S/C23H27NO5/c1-3-28-22(26)23(14-7-11-18-9-5-4-6-10-18)15-8-16-24(17-23)21(25)19-12-13-20(27-2)29-19/h4-7,9-13H,3,8,14-17H2,1-2H3. The minimum absolute atomic E-state index is 0.210. The Kier molecular flexibility index (Phi) is 6.75. The summed E-state index contributed by atoms with van der Waals surface area (Å²) in [6.45, 7) is 2.98. The fourth-order valence-electron chi connectivity index (χ4n) is 3.69. The zero-order valence-corrected chi connectivity index (χ0v) is 16.9. The van der Waals surface area contributed by atoms with E-state index in [4.69, 9.17) is 13.9 Å². The van der Waals surface area contributed by atoms with Crippen LogP contribution in [0, 0.1) is 5.41 Å². The van der Waals surface area contributed by atoms with Crippen molar-refractivity contribution in [3.8, 4) is 5.95 Å². The topological polar surface area (TPSA) is 69.0 Å². The number of ether oxygens (including phenoxy) is 2. The van der Waals surface area contributed by atoms with E-state index in [0.717, 1.165) is 12.0 Å². The molecular formula is C23H27NO5. The van der Waals surface area contributed by atoms with Crippen molar-refractivity contribution in [3.05, 3.63) is 59.9 Å². The summed E-state index contributed by atoms with van der Waals surface area (Å²) in [6, 6.07) is 13.1. The molecule has 1 atom stereocenters. The molecule has 0 bridgehead atoms. The molecule has 29 heavy (non-hydrogen) atoms. The molecule has 154 valence electrons. The number of furan rings is 1. The number of benzene rings is 1. The van der Waals surface area contributed by atoms with E-state index < -0.39 is 5.41 Å². The molecule has 1 unspecified atom stereocenters. The molecule has 0 spiro atoms. The maximum absolute atomic E-state index is 12.9. The Morgan fingerprint density at radius 1 is 1.21 bits per heavy atom. The highest BCUT2D eigenvalue weighted by atomic mass is 16.6. The third-order valence-corrected chi connectivity index (χ3v) is 5.18. The molecule has 2 aromatic rings. The first kappa shape index (κ1) is 20.7. The molecule has 1 saturated heterocycles. The molecule has 1 amide bonds. The summed E-state index contributed by atoms with van der Waals surface area (Å²) in [7, 11) is 1.48. The highest BCUT2D eigenvalue weighted by molar-refractivity contribution is 5.92. The summed E-state index contributed by atoms with van der Waals surface area (Å²) in [4.78, 5) is 27.5. The molecular weight excluding hydrogens is 370 g/mol. The van der Waals surface area contributed by atoms with Crippen LogP contribution in [0.1, 0.15) is 42.3 Å². The first-order chi connectivity index (χ1) is 14.1. The minimum Gasteiger partial charge on any atom is -0.468 e. The second kappa shape index (κ2) is 9.45. The van der Waals surface area contributed by atoms with Crippen molar-refractivity contribution >= 4 is 18.0 Å². The lowest BCUT2D eigenvalue weighted by Gasteiger charge is -2.40. The molecule has 2 heterocycles. The third-order valence-electron chi connectivity index (χ3n) is 5.18. The number of nitrogens with zero attached hydrogens (tertiary/aromatic N) is 1. The number of methoxy groups -OCH3 is 1. The smallest absolute Gasteiger partial charge is 0.314 e. The van der Waals surface area contributed by atoms with Crippen LogP contribution >= 0.6 is 0 Å². The van der Waals surface area contributed by atoms with Crippen molar-refractivity contribution in [1.82, 2.24) is 4.90 Å². The van der Waals surface area contributed by atoms with Crippen molar-refractivity contribution in [2.75, 3.05) is 26.8 Å². The second-order valence-corrected chi connectivity index (χ2v) is 7.17. The molecule has 0 N–H and O–H groups in total. The summed E-state index contributed by atoms with van der Waals surface area (Å²) in [5, 5.41) is 0. The SMILES string of the molecule is CCOC(=O)C1(CC=Cc2ccccc2)CCCN(C(=O)c2ccc(OC)o2)C1. The van der Waals surface area contributed by atoms with Gasteiger partial charge >= 0.3 is 5.97 Å². The van der Waals surface area contributed by atoms with Crippen molar-refractivity contribution < 1.29 is 23.5 Å². The van der Waals surface area contributed by atoms with Crippen LogP contribution in [0.4, 0.5) is 0 Å². The van der Waals surface area contributed by atoms with E-state index in [0.29, 0.717) is 32.5 Å². The number of amides is 1. The highest BCUT2D eigenvalue weighted by Crippen LogP contribution is 2.36. The Bertz CT molecular complexity index is 857. The number of carbonyl (C=O) groups is 2. The molecule has 6 nitrogen and oxygen atoms in total. The van der Waals surface area contributed by atoms with Gasteiger partial charge in [0, 0.05) is 19.2 Å². The predicted molar refractivity (Wildman–Crippen MR) is 110 cm³/mol. The Hall–Kier alpha value is -3.02. The number of esters is 1. The van der Waals surface area contributed by atoms with Gasteiger partial charge in [-0.05, 0) is 37.8 Å². The van der Waals surface area contributed by atoms with Crippen LogP contribution in [0.25, 0.3) is 6.08 Å². The molecule has 1 fully saturated rings. The first-order valence-electron chi connectivity index (χ1n) is 9.90. The second-order valence-electron chi connectivity index (χ2n) is 7.17. The van der Waals surface area contributed by atoms with Crippen LogP contribution in [-0.4, -0.2) is 43.6 Å². The zero-order chi connectivity index (χ0) is 20.7. The molecule has 1 aliphatic heterocycles. The van der Waals surface area contributed by atoms with Crippen molar-refractivity contribution in [3.63, 3.8) is 0 Å². The monoisotopic (exact) mass is 397 g/mol. The van der Waals surface area contributed by atoms with Crippen molar-refractivity contribution in [2.24, 2.45) is 5.41 Å². The fourth-order valence-corrected chi connectivity index (χ4v) is 3.69. The number of likely N-dealkylation sites (tertiary alicyclic amines) is 1. The molecule has 1 aromatic carbocycles. The van der Waals surface area contributed by atoms with E-state index in [9.17, 15) is 9.59 Å². The Morgan fingerprint density at radius 3 is 2.69 bits per heavy atom. The van der Waals surface area contributed by atoms with Gasteiger partial charge in [0.2, 0.25) is 0 Å². The van der Waals surface area contributed by atoms with Crippen molar-refractivity contribution in [1.29, 1.82) is 0 Å². The van der Waals surface area contributed by atoms with E-state index in [1.165, 1.54) is 7.11 Å². The zero-order valence-electron chi connectivity index (χ0n) is 16.9. The molecule has 0 saturated carbocycles. The summed E-state index contributed by atoms with van der Waals surface area (Å²) < 4.78 is 15.8. The van der Waals surface area contributed by atoms with E-state index in [2.05, 4.69) is 0 Å². The highest BCUT2D eigenvalue weighted by Gasteiger charge is 2.44. The van der Waals surface area contributed by atoms with Gasteiger partial charge in [0.05, 0.1) is 19.1 Å². The Balaban J connectivity index is 1.78. The molecule has 6 heteroatoms. The number of piperidine rings is 1. The van der Waals surface area contributed by atoms with Crippen LogP contribution in [0.3, 0.4) is 0 Å². The van der Waals surface area contributed by atoms with E-state index in [-0.39, 0.29) is 23.6 Å². The van der Waals surface area contributed by atoms with Crippen LogP contribution in [0.15, 0.2) is 53.0 Å². The lowest BCUT2D eigenvalue weighted by atomic mass is 9.76. The molecule has 3 rings (SSSR count). The first-order valence-corrected chi connectivity index (χ1v) is 9.90. The fraction of sp³-hybridized carbons (Fsp3) is 0.391. The van der Waals surface area contributed by atoms with Gasteiger partial charge in [-0.3, -0.25) is 9.59 Å². The van der Waals surface area contributed by atoms with E-state index >= 15 is 0 Å². The maximum Gasteiger partial charge on any atom is 0.314 e. The predicted octanol–water partition coefficient (Wildman–Crippen LogP) is 4.18. The van der Waals surface area contributed by atoms with Gasteiger partial charge in [-0.15, -0.1) is 0 Å². The van der Waals surface area contributed by atoms with Crippen LogP contribution < -0.4 is 4.74 Å². The van der Waals surface area contributed by atoms with Gasteiger partial charge in [-0.2, -0.15) is 0 Å².